The van der Waals surface area contributed by atoms with E-state index in [1.807, 2.05) is 0 Å². The highest BCUT2D eigenvalue weighted by atomic mass is 19.1. The molecule has 77 valence electrons. The van der Waals surface area contributed by atoms with Crippen LogP contribution in [0.15, 0.2) is 18.2 Å². The van der Waals surface area contributed by atoms with Crippen molar-refractivity contribution < 1.29 is 13.9 Å². The molecule has 1 aromatic carbocycles. The minimum Gasteiger partial charge on any atom is -0.224 e. The van der Waals surface area contributed by atoms with E-state index in [0.717, 1.165) is 12.1 Å². The third kappa shape index (κ3) is 1.93. The summed E-state index contributed by atoms with van der Waals surface area (Å²) in [5, 5.41) is 12.0. The van der Waals surface area contributed by atoms with Crippen molar-refractivity contribution in [3.63, 3.8) is 0 Å². The molecule has 0 bridgehead atoms. The molecule has 0 aromatic heterocycles. The van der Waals surface area contributed by atoms with Gasteiger partial charge in [0.25, 0.3) is 0 Å². The summed E-state index contributed by atoms with van der Waals surface area (Å²) in [5.74, 6) is -1.40. The van der Waals surface area contributed by atoms with Crippen molar-refractivity contribution >= 4 is 0 Å². The van der Waals surface area contributed by atoms with Gasteiger partial charge in [0.15, 0.2) is 0 Å². The van der Waals surface area contributed by atoms with E-state index in [-0.39, 0.29) is 5.56 Å². The molecule has 0 saturated heterocycles. The molecule has 3 heteroatoms. The molecule has 0 aliphatic heterocycles. The van der Waals surface area contributed by atoms with Gasteiger partial charge in [-0.3, -0.25) is 0 Å². The van der Waals surface area contributed by atoms with Gasteiger partial charge in [0, 0.05) is 11.6 Å². The van der Waals surface area contributed by atoms with Crippen LogP contribution in [0.2, 0.25) is 0 Å². The van der Waals surface area contributed by atoms with Gasteiger partial charge in [-0.05, 0) is 18.9 Å². The molecule has 0 fully saturated rings. The maximum Gasteiger partial charge on any atom is 0.132 e. The first-order chi connectivity index (χ1) is 6.53. The zero-order valence-corrected chi connectivity index (χ0v) is 8.31. The second-order valence-electron chi connectivity index (χ2n) is 3.33. The first-order valence-corrected chi connectivity index (χ1v) is 4.69. The molecular weight excluding hydrogens is 186 g/mol. The second-order valence-corrected chi connectivity index (χ2v) is 3.33. The minimum atomic E-state index is -1.43. The standard InChI is InChI=1S/C11H13F2O/c1-3-11(14,4-2)9-6-5-8(12)7-10(9)13/h5-7H,3-4H2,1-2H3. The summed E-state index contributed by atoms with van der Waals surface area (Å²) >= 11 is 0. The van der Waals surface area contributed by atoms with Crippen LogP contribution in [-0.4, -0.2) is 0 Å². The van der Waals surface area contributed by atoms with E-state index in [0.29, 0.717) is 12.8 Å². The molecule has 0 saturated carbocycles. The monoisotopic (exact) mass is 199 g/mol. The van der Waals surface area contributed by atoms with Gasteiger partial charge in [-0.2, -0.15) is 0 Å². The molecule has 1 radical (unpaired) electrons. The Morgan fingerprint density at radius 3 is 2.21 bits per heavy atom. The number of hydrogen-bond acceptors (Lipinski definition) is 0. The fourth-order valence-corrected chi connectivity index (χ4v) is 1.49. The number of rotatable bonds is 3. The summed E-state index contributed by atoms with van der Waals surface area (Å²) in [7, 11) is 0. The van der Waals surface area contributed by atoms with E-state index in [9.17, 15) is 13.9 Å². The van der Waals surface area contributed by atoms with E-state index in [2.05, 4.69) is 0 Å². The van der Waals surface area contributed by atoms with Gasteiger partial charge < -0.3 is 0 Å². The summed E-state index contributed by atoms with van der Waals surface area (Å²) in [5.41, 5.74) is -1.37. The van der Waals surface area contributed by atoms with Crippen LogP contribution in [0.5, 0.6) is 0 Å². The van der Waals surface area contributed by atoms with Gasteiger partial charge in [-0.25, -0.2) is 13.9 Å². The molecule has 0 amide bonds. The van der Waals surface area contributed by atoms with Crippen molar-refractivity contribution in [3.8, 4) is 0 Å². The first-order valence-electron chi connectivity index (χ1n) is 4.69. The summed E-state index contributed by atoms with van der Waals surface area (Å²) in [6.45, 7) is 3.42. The lowest BCUT2D eigenvalue weighted by atomic mass is 9.88. The van der Waals surface area contributed by atoms with E-state index in [1.165, 1.54) is 6.07 Å². The van der Waals surface area contributed by atoms with Crippen LogP contribution >= 0.6 is 0 Å². The maximum atomic E-state index is 13.3. The van der Waals surface area contributed by atoms with Crippen molar-refractivity contribution in [2.24, 2.45) is 0 Å². The Balaban J connectivity index is 3.17. The van der Waals surface area contributed by atoms with Crippen molar-refractivity contribution in [2.75, 3.05) is 0 Å². The van der Waals surface area contributed by atoms with Crippen LogP contribution in [0.4, 0.5) is 8.78 Å². The van der Waals surface area contributed by atoms with Gasteiger partial charge >= 0.3 is 0 Å². The Morgan fingerprint density at radius 2 is 1.79 bits per heavy atom. The molecule has 1 aromatic rings. The summed E-state index contributed by atoms with van der Waals surface area (Å²) in [4.78, 5) is 0. The zero-order valence-electron chi connectivity index (χ0n) is 8.31. The molecule has 0 unspecified atom stereocenters. The van der Waals surface area contributed by atoms with Crippen LogP contribution in [0.3, 0.4) is 0 Å². The van der Waals surface area contributed by atoms with Crippen molar-refractivity contribution in [1.82, 2.24) is 0 Å². The average molecular weight is 199 g/mol. The van der Waals surface area contributed by atoms with Crippen molar-refractivity contribution in [1.29, 1.82) is 0 Å². The van der Waals surface area contributed by atoms with Crippen molar-refractivity contribution in [3.05, 3.63) is 35.4 Å². The normalized spacial score (nSPS) is 11.8. The van der Waals surface area contributed by atoms with Crippen LogP contribution in [0.25, 0.3) is 0 Å². The fraction of sp³-hybridized carbons (Fsp3) is 0.455. The predicted molar refractivity (Wildman–Crippen MR) is 49.3 cm³/mol. The van der Waals surface area contributed by atoms with Crippen molar-refractivity contribution in [2.45, 2.75) is 32.3 Å². The Morgan fingerprint density at radius 1 is 1.21 bits per heavy atom. The zero-order chi connectivity index (χ0) is 10.8. The largest absolute Gasteiger partial charge is 0.224 e. The Labute approximate surface area is 82.4 Å². The van der Waals surface area contributed by atoms with Gasteiger partial charge in [-0.1, -0.05) is 19.9 Å². The Kier molecular flexibility index (Phi) is 3.21. The molecule has 0 spiro atoms. The molecule has 0 atom stereocenters. The van der Waals surface area contributed by atoms with E-state index in [1.54, 1.807) is 13.8 Å². The molecular formula is C11H13F2O. The van der Waals surface area contributed by atoms with E-state index >= 15 is 0 Å². The van der Waals surface area contributed by atoms with Crippen LogP contribution < -0.4 is 0 Å². The SMILES string of the molecule is CCC([O])(CC)c1ccc(F)cc1F. The topological polar surface area (TPSA) is 19.9 Å². The lowest BCUT2D eigenvalue weighted by Crippen LogP contribution is -2.23. The quantitative estimate of drug-likeness (QED) is 0.711. The molecule has 0 heterocycles. The van der Waals surface area contributed by atoms with Crippen LogP contribution in [0.1, 0.15) is 32.3 Å². The Hall–Kier alpha value is -0.960. The Bertz CT molecular complexity index is 319. The van der Waals surface area contributed by atoms with E-state index in [4.69, 9.17) is 0 Å². The van der Waals surface area contributed by atoms with Crippen LogP contribution in [0, 0.1) is 11.6 Å². The smallest absolute Gasteiger partial charge is 0.132 e. The van der Waals surface area contributed by atoms with Crippen LogP contribution in [-0.2, 0) is 10.7 Å². The molecule has 1 nitrogen and oxygen atoms in total. The highest BCUT2D eigenvalue weighted by molar-refractivity contribution is 5.24. The van der Waals surface area contributed by atoms with Gasteiger partial charge in [-0.15, -0.1) is 0 Å². The third-order valence-electron chi connectivity index (χ3n) is 2.56. The summed E-state index contributed by atoms with van der Waals surface area (Å²) in [6, 6.07) is 3.12. The molecule has 0 aliphatic carbocycles. The summed E-state index contributed by atoms with van der Waals surface area (Å²) in [6.07, 6.45) is 0.595. The van der Waals surface area contributed by atoms with E-state index < -0.39 is 17.2 Å². The second kappa shape index (κ2) is 4.05. The first kappa shape index (κ1) is 11.1. The number of hydrogen-bond donors (Lipinski definition) is 0. The number of halogens is 2. The minimum absolute atomic E-state index is 0.0592. The van der Waals surface area contributed by atoms with Gasteiger partial charge in [0.1, 0.15) is 17.2 Å². The number of benzene rings is 1. The molecule has 0 aliphatic rings. The maximum absolute atomic E-state index is 13.3. The molecule has 0 N–H and O–H groups in total. The predicted octanol–water partition coefficient (Wildman–Crippen LogP) is 3.41. The third-order valence-corrected chi connectivity index (χ3v) is 2.56. The highest BCUT2D eigenvalue weighted by Crippen LogP contribution is 2.31. The molecule has 1 rings (SSSR count). The fourth-order valence-electron chi connectivity index (χ4n) is 1.49. The lowest BCUT2D eigenvalue weighted by Gasteiger charge is -2.23. The lowest BCUT2D eigenvalue weighted by molar-refractivity contribution is -0.0447. The highest BCUT2D eigenvalue weighted by Gasteiger charge is 2.30. The van der Waals surface area contributed by atoms with Gasteiger partial charge in [0.2, 0.25) is 0 Å². The average Bonchev–Trinajstić information content (AvgIpc) is 2.17. The van der Waals surface area contributed by atoms with Gasteiger partial charge in [0.05, 0.1) is 0 Å². The molecule has 14 heavy (non-hydrogen) atoms. The summed E-state index contributed by atoms with van der Waals surface area (Å²) < 4.78 is 25.9.